The highest BCUT2D eigenvalue weighted by atomic mass is 16.5. The van der Waals surface area contributed by atoms with Gasteiger partial charge in [0.2, 0.25) is 0 Å². The largest absolute Gasteiger partial charge is 0.380 e. The van der Waals surface area contributed by atoms with Crippen LogP contribution in [-0.2, 0) is 17.9 Å². The molecular weight excluding hydrogens is 236 g/mol. The Balaban J connectivity index is 1.73. The Bertz CT molecular complexity index is 375. The molecule has 1 fully saturated rings. The van der Waals surface area contributed by atoms with Gasteiger partial charge in [-0.1, -0.05) is 24.3 Å². The van der Waals surface area contributed by atoms with Crippen molar-refractivity contribution in [3.63, 3.8) is 0 Å². The molecule has 1 aromatic carbocycles. The van der Waals surface area contributed by atoms with Crippen molar-refractivity contribution in [3.8, 4) is 0 Å². The molecule has 0 spiro atoms. The van der Waals surface area contributed by atoms with Gasteiger partial charge in [0, 0.05) is 26.2 Å². The highest BCUT2D eigenvalue weighted by Crippen LogP contribution is 2.11. The van der Waals surface area contributed by atoms with Crippen molar-refractivity contribution in [1.82, 2.24) is 10.2 Å². The van der Waals surface area contributed by atoms with Crippen molar-refractivity contribution in [2.24, 2.45) is 0 Å². The average molecular weight is 262 g/mol. The third-order valence-electron chi connectivity index (χ3n) is 3.84. The van der Waals surface area contributed by atoms with Crippen molar-refractivity contribution in [1.29, 1.82) is 0 Å². The Morgan fingerprint density at radius 2 is 2.00 bits per heavy atom. The molecule has 0 saturated carbocycles. The number of nitrogens with zero attached hydrogens (tertiary/aromatic N) is 1. The van der Waals surface area contributed by atoms with Gasteiger partial charge in [-0.3, -0.25) is 4.90 Å². The van der Waals surface area contributed by atoms with Crippen LogP contribution >= 0.6 is 0 Å². The van der Waals surface area contributed by atoms with Gasteiger partial charge in [0.1, 0.15) is 0 Å². The van der Waals surface area contributed by atoms with Gasteiger partial charge in [-0.2, -0.15) is 0 Å². The fraction of sp³-hybridized carbons (Fsp3) is 0.625. The van der Waals surface area contributed by atoms with E-state index in [1.165, 1.54) is 37.1 Å². The topological polar surface area (TPSA) is 24.5 Å². The molecule has 1 N–H and O–H groups in total. The fourth-order valence-corrected chi connectivity index (χ4v) is 2.73. The first-order valence-corrected chi connectivity index (χ1v) is 7.31. The predicted octanol–water partition coefficient (Wildman–Crippen LogP) is 2.41. The van der Waals surface area contributed by atoms with Crippen LogP contribution in [0.2, 0.25) is 0 Å². The lowest BCUT2D eigenvalue weighted by Crippen LogP contribution is -2.38. The molecule has 1 unspecified atom stereocenters. The number of rotatable bonds is 7. The van der Waals surface area contributed by atoms with Gasteiger partial charge in [0.25, 0.3) is 0 Å². The second kappa shape index (κ2) is 7.63. The Hall–Kier alpha value is -0.900. The van der Waals surface area contributed by atoms with Crippen LogP contribution in [0.1, 0.15) is 30.9 Å². The normalized spacial score (nSPS) is 17.8. The van der Waals surface area contributed by atoms with Gasteiger partial charge in [-0.15, -0.1) is 0 Å². The first kappa shape index (κ1) is 14.5. The van der Waals surface area contributed by atoms with Crippen LogP contribution in [0.4, 0.5) is 0 Å². The zero-order valence-corrected chi connectivity index (χ0v) is 12.2. The van der Waals surface area contributed by atoms with E-state index in [-0.39, 0.29) is 0 Å². The number of benzene rings is 1. The molecule has 1 heterocycles. The van der Waals surface area contributed by atoms with E-state index in [9.17, 15) is 0 Å². The van der Waals surface area contributed by atoms with Crippen LogP contribution in [0.25, 0.3) is 0 Å². The summed E-state index contributed by atoms with van der Waals surface area (Å²) < 4.78 is 5.17. The summed E-state index contributed by atoms with van der Waals surface area (Å²) in [6.07, 6.45) is 2.73. The lowest BCUT2D eigenvalue weighted by molar-refractivity contribution is 0.185. The van der Waals surface area contributed by atoms with Crippen molar-refractivity contribution >= 4 is 0 Å². The zero-order chi connectivity index (χ0) is 13.5. The highest BCUT2D eigenvalue weighted by Gasteiger charge is 2.17. The monoisotopic (exact) mass is 262 g/mol. The van der Waals surface area contributed by atoms with Crippen LogP contribution in [0.5, 0.6) is 0 Å². The minimum absolute atomic E-state index is 0.643. The van der Waals surface area contributed by atoms with E-state index >= 15 is 0 Å². The molecule has 0 aromatic heterocycles. The molecular formula is C16H26N2O. The van der Waals surface area contributed by atoms with Gasteiger partial charge < -0.3 is 10.1 Å². The lowest BCUT2D eigenvalue weighted by Gasteiger charge is -2.24. The maximum Gasteiger partial charge on any atom is 0.0713 e. The van der Waals surface area contributed by atoms with E-state index < -0.39 is 0 Å². The maximum absolute atomic E-state index is 5.17. The Morgan fingerprint density at radius 1 is 1.26 bits per heavy atom. The van der Waals surface area contributed by atoms with Gasteiger partial charge in [-0.25, -0.2) is 0 Å². The van der Waals surface area contributed by atoms with E-state index in [0.717, 1.165) is 13.1 Å². The van der Waals surface area contributed by atoms with Crippen molar-refractivity contribution in [2.45, 2.75) is 39.0 Å². The summed E-state index contributed by atoms with van der Waals surface area (Å²) in [6, 6.07) is 9.25. The van der Waals surface area contributed by atoms with Gasteiger partial charge in [-0.05, 0) is 44.0 Å². The van der Waals surface area contributed by atoms with Crippen LogP contribution in [0, 0.1) is 0 Å². The first-order valence-electron chi connectivity index (χ1n) is 7.31. The summed E-state index contributed by atoms with van der Waals surface area (Å²) in [5.74, 6) is 0. The van der Waals surface area contributed by atoms with E-state index in [1.807, 2.05) is 0 Å². The van der Waals surface area contributed by atoms with E-state index in [0.29, 0.717) is 12.6 Å². The summed E-state index contributed by atoms with van der Waals surface area (Å²) >= 11 is 0. The molecule has 3 nitrogen and oxygen atoms in total. The van der Waals surface area contributed by atoms with Crippen molar-refractivity contribution < 1.29 is 4.74 Å². The molecule has 0 aliphatic carbocycles. The third-order valence-corrected chi connectivity index (χ3v) is 3.84. The quantitative estimate of drug-likeness (QED) is 0.816. The SMILES string of the molecule is COCc1cccc(CNCC(C)N2CCCC2)c1. The highest BCUT2D eigenvalue weighted by molar-refractivity contribution is 5.22. The van der Waals surface area contributed by atoms with Crippen molar-refractivity contribution in [3.05, 3.63) is 35.4 Å². The molecule has 106 valence electrons. The summed E-state index contributed by atoms with van der Waals surface area (Å²) in [6.45, 7) is 7.56. The molecule has 1 aromatic rings. The smallest absolute Gasteiger partial charge is 0.0713 e. The molecule has 3 heteroatoms. The standard InChI is InChI=1S/C16H26N2O/c1-14(18-8-3-4-9-18)11-17-12-15-6-5-7-16(10-15)13-19-2/h5-7,10,14,17H,3-4,8-9,11-13H2,1-2H3. The first-order chi connectivity index (χ1) is 9.29. The van der Waals surface area contributed by atoms with E-state index in [4.69, 9.17) is 4.74 Å². The van der Waals surface area contributed by atoms with Crippen LogP contribution < -0.4 is 5.32 Å². The lowest BCUT2D eigenvalue weighted by atomic mass is 10.1. The minimum Gasteiger partial charge on any atom is -0.380 e. The molecule has 0 radical (unpaired) electrons. The Morgan fingerprint density at radius 3 is 2.74 bits per heavy atom. The Labute approximate surface area is 116 Å². The molecule has 2 rings (SSSR count). The molecule has 1 atom stereocenters. The molecule has 1 aliphatic heterocycles. The predicted molar refractivity (Wildman–Crippen MR) is 79.1 cm³/mol. The number of hydrogen-bond donors (Lipinski definition) is 1. The summed E-state index contributed by atoms with van der Waals surface area (Å²) in [5, 5.41) is 3.57. The van der Waals surface area contributed by atoms with Crippen LogP contribution in [0.15, 0.2) is 24.3 Å². The molecule has 0 bridgehead atoms. The Kier molecular flexibility index (Phi) is 5.83. The zero-order valence-electron chi connectivity index (χ0n) is 12.2. The third kappa shape index (κ3) is 4.60. The molecule has 0 amide bonds. The molecule has 19 heavy (non-hydrogen) atoms. The second-order valence-electron chi connectivity index (χ2n) is 5.48. The van der Waals surface area contributed by atoms with Crippen LogP contribution in [-0.4, -0.2) is 37.7 Å². The number of likely N-dealkylation sites (tertiary alicyclic amines) is 1. The number of ether oxygens (including phenoxy) is 1. The van der Waals surface area contributed by atoms with Gasteiger partial charge >= 0.3 is 0 Å². The summed E-state index contributed by atoms with van der Waals surface area (Å²) in [5.41, 5.74) is 2.58. The average Bonchev–Trinajstić information content (AvgIpc) is 2.93. The second-order valence-corrected chi connectivity index (χ2v) is 5.48. The fourth-order valence-electron chi connectivity index (χ4n) is 2.73. The van der Waals surface area contributed by atoms with Gasteiger partial charge in [0.05, 0.1) is 6.61 Å². The van der Waals surface area contributed by atoms with Crippen molar-refractivity contribution in [2.75, 3.05) is 26.7 Å². The molecule has 1 saturated heterocycles. The molecule has 1 aliphatic rings. The van der Waals surface area contributed by atoms with Gasteiger partial charge in [0.15, 0.2) is 0 Å². The minimum atomic E-state index is 0.643. The maximum atomic E-state index is 5.17. The van der Waals surface area contributed by atoms with E-state index in [1.54, 1.807) is 7.11 Å². The number of nitrogens with one attached hydrogen (secondary N) is 1. The van der Waals surface area contributed by atoms with Crippen LogP contribution in [0.3, 0.4) is 0 Å². The summed E-state index contributed by atoms with van der Waals surface area (Å²) in [4.78, 5) is 2.58. The number of hydrogen-bond acceptors (Lipinski definition) is 3. The summed E-state index contributed by atoms with van der Waals surface area (Å²) in [7, 11) is 1.74. The van der Waals surface area contributed by atoms with E-state index in [2.05, 4.69) is 41.4 Å². The number of methoxy groups -OCH3 is 1.